The lowest BCUT2D eigenvalue weighted by Gasteiger charge is -2.30. The summed E-state index contributed by atoms with van der Waals surface area (Å²) in [6.07, 6.45) is 0. The van der Waals surface area contributed by atoms with Crippen molar-refractivity contribution in [3.05, 3.63) is 34.9 Å². The number of benzene rings is 1. The predicted molar refractivity (Wildman–Crippen MR) is 96.5 cm³/mol. The minimum Gasteiger partial charge on any atom is -0.370 e. The third-order valence-electron chi connectivity index (χ3n) is 4.03. The number of guanidine groups is 1. The number of hydrogen-bond acceptors (Lipinski definition) is 2. The molecular formula is C17H29ClN4. The van der Waals surface area contributed by atoms with Crippen LogP contribution in [0.3, 0.4) is 0 Å². The molecule has 0 aliphatic heterocycles. The molecule has 2 N–H and O–H groups in total. The number of nitrogens with zero attached hydrogens (tertiary/aromatic N) is 3. The van der Waals surface area contributed by atoms with E-state index < -0.39 is 0 Å². The molecule has 5 heteroatoms. The molecular weight excluding hydrogens is 296 g/mol. The highest BCUT2D eigenvalue weighted by Gasteiger charge is 2.20. The van der Waals surface area contributed by atoms with E-state index in [-0.39, 0.29) is 6.04 Å². The molecule has 0 radical (unpaired) electrons. The molecule has 0 heterocycles. The van der Waals surface area contributed by atoms with Crippen molar-refractivity contribution in [3.8, 4) is 0 Å². The van der Waals surface area contributed by atoms with E-state index >= 15 is 0 Å². The summed E-state index contributed by atoms with van der Waals surface area (Å²) in [6.45, 7) is 12.7. The van der Waals surface area contributed by atoms with Gasteiger partial charge in [-0.1, -0.05) is 43.6 Å². The zero-order chi connectivity index (χ0) is 16.5. The Hall–Kier alpha value is -1.26. The lowest BCUT2D eigenvalue weighted by molar-refractivity contribution is 0.224. The van der Waals surface area contributed by atoms with Crippen LogP contribution in [0.5, 0.6) is 0 Å². The van der Waals surface area contributed by atoms with Gasteiger partial charge in [0.1, 0.15) is 0 Å². The van der Waals surface area contributed by atoms with Crippen LogP contribution in [-0.2, 0) is 0 Å². The molecule has 1 rings (SSSR count). The maximum Gasteiger partial charge on any atom is 0.191 e. The van der Waals surface area contributed by atoms with Crippen molar-refractivity contribution >= 4 is 17.6 Å². The van der Waals surface area contributed by atoms with Gasteiger partial charge in [0.2, 0.25) is 0 Å². The maximum absolute atomic E-state index is 6.39. The van der Waals surface area contributed by atoms with Crippen LogP contribution < -0.4 is 5.73 Å². The first kappa shape index (κ1) is 18.8. The number of rotatable bonds is 8. The van der Waals surface area contributed by atoms with E-state index in [1.807, 2.05) is 18.2 Å². The van der Waals surface area contributed by atoms with E-state index in [4.69, 9.17) is 17.3 Å². The third kappa shape index (κ3) is 4.89. The molecule has 0 saturated heterocycles. The van der Waals surface area contributed by atoms with Crippen molar-refractivity contribution in [2.24, 2.45) is 10.7 Å². The fourth-order valence-electron chi connectivity index (χ4n) is 2.65. The normalized spacial score (nSPS) is 13.5. The highest BCUT2D eigenvalue weighted by molar-refractivity contribution is 6.31. The van der Waals surface area contributed by atoms with Crippen LogP contribution in [0.2, 0.25) is 5.02 Å². The average Bonchev–Trinajstić information content (AvgIpc) is 2.53. The second-order valence-electron chi connectivity index (χ2n) is 5.13. The molecule has 0 aromatic heterocycles. The van der Waals surface area contributed by atoms with E-state index in [9.17, 15) is 0 Å². The Morgan fingerprint density at radius 2 is 1.68 bits per heavy atom. The van der Waals surface area contributed by atoms with E-state index in [2.05, 4.69) is 48.6 Å². The van der Waals surface area contributed by atoms with Gasteiger partial charge in [0.05, 0.1) is 12.6 Å². The van der Waals surface area contributed by atoms with Crippen molar-refractivity contribution in [1.82, 2.24) is 9.80 Å². The molecule has 0 bridgehead atoms. The van der Waals surface area contributed by atoms with Crippen LogP contribution in [0, 0.1) is 0 Å². The van der Waals surface area contributed by atoms with E-state index in [0.29, 0.717) is 12.5 Å². The Balaban J connectivity index is 3.02. The standard InChI is InChI=1S/C17H29ClN4/c1-5-21(6-2)16(14-11-9-10-12-15(14)18)13-20-17(19)22(7-3)8-4/h9-12,16H,5-8,13H2,1-4H3,(H2,19,20). The number of aliphatic imine (C=N–C) groups is 1. The first-order valence-corrected chi connectivity index (χ1v) is 8.49. The lowest BCUT2D eigenvalue weighted by atomic mass is 10.1. The minimum atomic E-state index is 0.151. The number of nitrogens with two attached hydrogens (primary N) is 1. The van der Waals surface area contributed by atoms with Crippen molar-refractivity contribution < 1.29 is 0 Å². The first-order valence-electron chi connectivity index (χ1n) is 8.12. The second kappa shape index (κ2) is 9.70. The zero-order valence-corrected chi connectivity index (χ0v) is 15.0. The summed E-state index contributed by atoms with van der Waals surface area (Å²) < 4.78 is 0. The van der Waals surface area contributed by atoms with E-state index in [1.165, 1.54) is 0 Å². The fraction of sp³-hybridized carbons (Fsp3) is 0.588. The van der Waals surface area contributed by atoms with E-state index in [0.717, 1.165) is 36.8 Å². The lowest BCUT2D eigenvalue weighted by Crippen LogP contribution is -2.38. The third-order valence-corrected chi connectivity index (χ3v) is 4.38. The van der Waals surface area contributed by atoms with Crippen molar-refractivity contribution in [2.45, 2.75) is 33.7 Å². The van der Waals surface area contributed by atoms with Crippen LogP contribution in [0.25, 0.3) is 0 Å². The minimum absolute atomic E-state index is 0.151. The van der Waals surface area contributed by atoms with Crippen LogP contribution >= 0.6 is 11.6 Å². The van der Waals surface area contributed by atoms with Crippen LogP contribution in [0.4, 0.5) is 0 Å². The highest BCUT2D eigenvalue weighted by atomic mass is 35.5. The van der Waals surface area contributed by atoms with Gasteiger partial charge in [-0.3, -0.25) is 9.89 Å². The highest BCUT2D eigenvalue weighted by Crippen LogP contribution is 2.27. The van der Waals surface area contributed by atoms with Gasteiger partial charge in [-0.05, 0) is 38.6 Å². The second-order valence-corrected chi connectivity index (χ2v) is 5.54. The number of likely N-dealkylation sites (N-methyl/N-ethyl adjacent to an activating group) is 1. The summed E-state index contributed by atoms with van der Waals surface area (Å²) in [7, 11) is 0. The molecule has 0 aliphatic rings. The molecule has 0 spiro atoms. The zero-order valence-electron chi connectivity index (χ0n) is 14.2. The first-order chi connectivity index (χ1) is 10.6. The molecule has 0 amide bonds. The summed E-state index contributed by atoms with van der Waals surface area (Å²) in [5.41, 5.74) is 7.23. The molecule has 1 atom stereocenters. The Morgan fingerprint density at radius 1 is 1.09 bits per heavy atom. The van der Waals surface area contributed by atoms with Crippen molar-refractivity contribution in [2.75, 3.05) is 32.7 Å². The monoisotopic (exact) mass is 324 g/mol. The summed E-state index contributed by atoms with van der Waals surface area (Å²) in [4.78, 5) is 9.04. The van der Waals surface area contributed by atoms with Crippen LogP contribution in [0.1, 0.15) is 39.3 Å². The van der Waals surface area contributed by atoms with Gasteiger partial charge in [-0.15, -0.1) is 0 Å². The molecule has 124 valence electrons. The Kier molecular flexibility index (Phi) is 8.28. The fourth-order valence-corrected chi connectivity index (χ4v) is 2.91. The van der Waals surface area contributed by atoms with Gasteiger partial charge in [0, 0.05) is 18.1 Å². The van der Waals surface area contributed by atoms with Gasteiger partial charge in [-0.2, -0.15) is 0 Å². The maximum atomic E-state index is 6.39. The molecule has 0 aliphatic carbocycles. The molecule has 0 fully saturated rings. The molecule has 0 saturated carbocycles. The summed E-state index contributed by atoms with van der Waals surface area (Å²) in [5.74, 6) is 0.606. The molecule has 4 nitrogen and oxygen atoms in total. The molecule has 1 aromatic rings. The van der Waals surface area contributed by atoms with Crippen LogP contribution in [0.15, 0.2) is 29.3 Å². The predicted octanol–water partition coefficient (Wildman–Crippen LogP) is 3.38. The molecule has 22 heavy (non-hydrogen) atoms. The average molecular weight is 325 g/mol. The smallest absolute Gasteiger partial charge is 0.191 e. The van der Waals surface area contributed by atoms with Gasteiger partial charge in [-0.25, -0.2) is 0 Å². The largest absolute Gasteiger partial charge is 0.370 e. The topological polar surface area (TPSA) is 44.9 Å². The SMILES string of the molecule is CCN(CC)C(N)=NCC(c1ccccc1Cl)N(CC)CC. The number of hydrogen-bond donors (Lipinski definition) is 1. The van der Waals surface area contributed by atoms with Crippen molar-refractivity contribution in [3.63, 3.8) is 0 Å². The van der Waals surface area contributed by atoms with Crippen molar-refractivity contribution in [1.29, 1.82) is 0 Å². The quantitative estimate of drug-likeness (QED) is 0.589. The summed E-state index contributed by atoms with van der Waals surface area (Å²) in [5, 5.41) is 0.788. The van der Waals surface area contributed by atoms with Gasteiger partial charge in [0.15, 0.2) is 5.96 Å². The molecule has 1 aromatic carbocycles. The van der Waals surface area contributed by atoms with Gasteiger partial charge >= 0.3 is 0 Å². The van der Waals surface area contributed by atoms with Gasteiger partial charge in [0.25, 0.3) is 0 Å². The Morgan fingerprint density at radius 3 is 2.18 bits per heavy atom. The van der Waals surface area contributed by atoms with Gasteiger partial charge < -0.3 is 10.6 Å². The van der Waals surface area contributed by atoms with E-state index in [1.54, 1.807) is 0 Å². The van der Waals surface area contributed by atoms with Crippen LogP contribution in [-0.4, -0.2) is 48.5 Å². The Labute approximate surface area is 140 Å². The summed E-state index contributed by atoms with van der Waals surface area (Å²) >= 11 is 6.39. The molecule has 1 unspecified atom stereocenters. The number of halogens is 1. The summed E-state index contributed by atoms with van der Waals surface area (Å²) in [6, 6.07) is 8.14. The Bertz CT molecular complexity index is 467.